The molecule has 18 heavy (non-hydrogen) atoms. The fraction of sp³-hybridized carbons (Fsp3) is 0.846. The summed E-state index contributed by atoms with van der Waals surface area (Å²) in [6.45, 7) is 1.59. The molecule has 1 heterocycles. The largest absolute Gasteiger partial charge is 0.467 e. The maximum Gasteiger partial charge on any atom is 0.331 e. The summed E-state index contributed by atoms with van der Waals surface area (Å²) >= 11 is 0. The highest BCUT2D eigenvalue weighted by Crippen LogP contribution is 2.29. The zero-order valence-corrected chi connectivity index (χ0v) is 11.0. The van der Waals surface area contributed by atoms with Gasteiger partial charge >= 0.3 is 12.0 Å². The molecular formula is C13H22N2O3. The number of hydrogen-bond acceptors (Lipinski definition) is 3. The number of rotatable bonds is 2. The lowest BCUT2D eigenvalue weighted by Crippen LogP contribution is -2.58. The molecule has 1 saturated carbocycles. The van der Waals surface area contributed by atoms with Crippen molar-refractivity contribution in [1.82, 2.24) is 10.2 Å². The molecule has 0 aromatic heterocycles. The van der Waals surface area contributed by atoms with Gasteiger partial charge in [-0.15, -0.1) is 0 Å². The molecule has 0 spiro atoms. The lowest BCUT2D eigenvalue weighted by molar-refractivity contribution is -0.149. The van der Waals surface area contributed by atoms with Crippen LogP contribution in [0.2, 0.25) is 0 Å². The Balaban J connectivity index is 2.04. The van der Waals surface area contributed by atoms with Gasteiger partial charge < -0.3 is 15.0 Å². The maximum absolute atomic E-state index is 12.1. The van der Waals surface area contributed by atoms with Gasteiger partial charge in [0.25, 0.3) is 0 Å². The first kappa shape index (κ1) is 13.2. The van der Waals surface area contributed by atoms with Gasteiger partial charge in [0.1, 0.15) is 5.54 Å². The van der Waals surface area contributed by atoms with E-state index in [9.17, 15) is 9.59 Å². The molecule has 1 aliphatic heterocycles. The van der Waals surface area contributed by atoms with Crippen LogP contribution >= 0.6 is 0 Å². The molecule has 0 radical (unpaired) electrons. The average molecular weight is 254 g/mol. The summed E-state index contributed by atoms with van der Waals surface area (Å²) in [7, 11) is 1.39. The molecule has 102 valence electrons. The smallest absolute Gasteiger partial charge is 0.331 e. The van der Waals surface area contributed by atoms with Crippen LogP contribution in [-0.4, -0.2) is 42.6 Å². The number of ether oxygens (including phenoxy) is 1. The van der Waals surface area contributed by atoms with Crippen molar-refractivity contribution in [2.24, 2.45) is 0 Å². The second-order valence-electron chi connectivity index (χ2n) is 5.26. The van der Waals surface area contributed by atoms with E-state index in [1.165, 1.54) is 7.11 Å². The second kappa shape index (κ2) is 5.59. The fourth-order valence-corrected chi connectivity index (χ4v) is 2.93. The normalized spacial score (nSPS) is 22.6. The minimum atomic E-state index is -0.785. The Morgan fingerprint density at radius 2 is 1.67 bits per heavy atom. The van der Waals surface area contributed by atoms with E-state index in [1.807, 2.05) is 0 Å². The van der Waals surface area contributed by atoms with Crippen LogP contribution in [0.25, 0.3) is 0 Å². The molecule has 2 fully saturated rings. The van der Waals surface area contributed by atoms with Crippen molar-refractivity contribution in [2.45, 2.75) is 50.5 Å². The van der Waals surface area contributed by atoms with Crippen LogP contribution < -0.4 is 5.32 Å². The third-order valence-corrected chi connectivity index (χ3v) is 4.02. The molecule has 1 saturated heterocycles. The van der Waals surface area contributed by atoms with Crippen LogP contribution in [0.5, 0.6) is 0 Å². The Morgan fingerprint density at radius 3 is 2.22 bits per heavy atom. The summed E-state index contributed by atoms with van der Waals surface area (Å²) in [6, 6.07) is -0.111. The first-order chi connectivity index (χ1) is 8.68. The summed E-state index contributed by atoms with van der Waals surface area (Å²) in [5, 5.41) is 2.94. The summed E-state index contributed by atoms with van der Waals surface area (Å²) in [5.41, 5.74) is -0.785. The minimum absolute atomic E-state index is 0.111. The van der Waals surface area contributed by atoms with Crippen molar-refractivity contribution >= 4 is 12.0 Å². The predicted molar refractivity (Wildman–Crippen MR) is 67.2 cm³/mol. The van der Waals surface area contributed by atoms with E-state index in [2.05, 4.69) is 5.32 Å². The molecule has 1 aliphatic carbocycles. The predicted octanol–water partition coefficient (Wildman–Crippen LogP) is 1.67. The highest BCUT2D eigenvalue weighted by molar-refractivity contribution is 5.87. The molecule has 2 aliphatic rings. The average Bonchev–Trinajstić information content (AvgIpc) is 2.93. The summed E-state index contributed by atoms with van der Waals surface area (Å²) in [6.07, 6.45) is 6.55. The number of hydrogen-bond donors (Lipinski definition) is 1. The lowest BCUT2D eigenvalue weighted by Gasteiger charge is -2.36. The number of nitrogens with one attached hydrogen (secondary N) is 1. The van der Waals surface area contributed by atoms with Gasteiger partial charge in [-0.05, 0) is 25.7 Å². The molecule has 5 nitrogen and oxygen atoms in total. The molecule has 0 unspecified atom stereocenters. The van der Waals surface area contributed by atoms with Gasteiger partial charge in [0.15, 0.2) is 0 Å². The van der Waals surface area contributed by atoms with E-state index in [-0.39, 0.29) is 12.0 Å². The van der Waals surface area contributed by atoms with E-state index in [0.29, 0.717) is 12.8 Å². The Bertz CT molecular complexity index is 318. The van der Waals surface area contributed by atoms with Crippen LogP contribution in [0.4, 0.5) is 4.79 Å². The third-order valence-electron chi connectivity index (χ3n) is 4.02. The van der Waals surface area contributed by atoms with Gasteiger partial charge in [-0.2, -0.15) is 0 Å². The molecule has 0 bridgehead atoms. The van der Waals surface area contributed by atoms with E-state index in [0.717, 1.165) is 45.2 Å². The SMILES string of the molecule is COC(=O)C1(NC(=O)N2CCCC2)CCCCC1. The molecular weight excluding hydrogens is 232 g/mol. The van der Waals surface area contributed by atoms with E-state index < -0.39 is 5.54 Å². The molecule has 0 aromatic carbocycles. The van der Waals surface area contributed by atoms with Crippen molar-refractivity contribution in [1.29, 1.82) is 0 Å². The summed E-state index contributed by atoms with van der Waals surface area (Å²) in [4.78, 5) is 25.9. The highest BCUT2D eigenvalue weighted by Gasteiger charge is 2.42. The first-order valence-electron chi connectivity index (χ1n) is 6.83. The second-order valence-corrected chi connectivity index (χ2v) is 5.26. The van der Waals surface area contributed by atoms with Crippen LogP contribution in [0.15, 0.2) is 0 Å². The quantitative estimate of drug-likeness (QED) is 0.763. The van der Waals surface area contributed by atoms with Crippen LogP contribution in [-0.2, 0) is 9.53 Å². The van der Waals surface area contributed by atoms with Crippen LogP contribution in [0.1, 0.15) is 44.9 Å². The molecule has 0 atom stereocenters. The summed E-state index contributed by atoms with van der Waals surface area (Å²) in [5.74, 6) is -0.297. The van der Waals surface area contributed by atoms with Crippen LogP contribution in [0.3, 0.4) is 0 Å². The van der Waals surface area contributed by atoms with Crippen molar-refractivity contribution in [2.75, 3.05) is 20.2 Å². The van der Waals surface area contributed by atoms with Gasteiger partial charge in [-0.3, -0.25) is 0 Å². The Labute approximate surface area is 108 Å². The van der Waals surface area contributed by atoms with Gasteiger partial charge in [-0.1, -0.05) is 19.3 Å². The molecule has 2 rings (SSSR count). The third kappa shape index (κ3) is 2.60. The Kier molecular flexibility index (Phi) is 4.09. The number of esters is 1. The Morgan fingerprint density at radius 1 is 1.06 bits per heavy atom. The van der Waals surface area contributed by atoms with E-state index in [1.54, 1.807) is 4.90 Å². The van der Waals surface area contributed by atoms with Gasteiger partial charge in [0.05, 0.1) is 7.11 Å². The summed E-state index contributed by atoms with van der Waals surface area (Å²) < 4.78 is 4.88. The van der Waals surface area contributed by atoms with Gasteiger partial charge in [0.2, 0.25) is 0 Å². The lowest BCUT2D eigenvalue weighted by atomic mass is 9.81. The number of carbonyl (C=O) groups excluding carboxylic acids is 2. The molecule has 5 heteroatoms. The topological polar surface area (TPSA) is 58.6 Å². The number of likely N-dealkylation sites (tertiary alicyclic amines) is 1. The number of amides is 2. The minimum Gasteiger partial charge on any atom is -0.467 e. The first-order valence-corrected chi connectivity index (χ1v) is 6.83. The Hall–Kier alpha value is -1.26. The maximum atomic E-state index is 12.1. The number of urea groups is 1. The molecule has 2 amide bonds. The van der Waals surface area contributed by atoms with Crippen molar-refractivity contribution in [3.63, 3.8) is 0 Å². The van der Waals surface area contributed by atoms with Crippen LogP contribution in [0, 0.1) is 0 Å². The molecule has 1 N–H and O–H groups in total. The zero-order valence-electron chi connectivity index (χ0n) is 11.0. The van der Waals surface area contributed by atoms with Gasteiger partial charge in [-0.25, -0.2) is 9.59 Å². The monoisotopic (exact) mass is 254 g/mol. The van der Waals surface area contributed by atoms with Gasteiger partial charge in [0, 0.05) is 13.1 Å². The standard InChI is InChI=1S/C13H22N2O3/c1-18-11(16)13(7-3-2-4-8-13)14-12(17)15-9-5-6-10-15/h2-10H2,1H3,(H,14,17). The van der Waals surface area contributed by atoms with E-state index >= 15 is 0 Å². The number of methoxy groups -OCH3 is 1. The number of carbonyl (C=O) groups is 2. The van der Waals surface area contributed by atoms with Crippen molar-refractivity contribution in [3.8, 4) is 0 Å². The highest BCUT2D eigenvalue weighted by atomic mass is 16.5. The van der Waals surface area contributed by atoms with Crippen molar-refractivity contribution < 1.29 is 14.3 Å². The van der Waals surface area contributed by atoms with E-state index in [4.69, 9.17) is 4.74 Å². The number of nitrogens with zero attached hydrogens (tertiary/aromatic N) is 1. The molecule has 0 aromatic rings. The van der Waals surface area contributed by atoms with Crippen molar-refractivity contribution in [3.05, 3.63) is 0 Å². The fourth-order valence-electron chi connectivity index (χ4n) is 2.93. The zero-order chi connectivity index (χ0) is 13.0.